The van der Waals surface area contributed by atoms with E-state index in [0.29, 0.717) is 18.3 Å². The third-order valence-electron chi connectivity index (χ3n) is 3.31. The summed E-state index contributed by atoms with van der Waals surface area (Å²) in [5.41, 5.74) is 0.289. The molecule has 118 valence electrons. The van der Waals surface area contributed by atoms with Crippen molar-refractivity contribution in [3.05, 3.63) is 57.8 Å². The minimum atomic E-state index is -0.789. The molecule has 0 aliphatic carbocycles. The van der Waals surface area contributed by atoms with Crippen molar-refractivity contribution in [2.75, 3.05) is 6.61 Å². The molecule has 6 nitrogen and oxygen atoms in total. The van der Waals surface area contributed by atoms with E-state index < -0.39 is 22.7 Å². The van der Waals surface area contributed by atoms with Gasteiger partial charge in [0.15, 0.2) is 0 Å². The molecule has 0 saturated heterocycles. The topological polar surface area (TPSA) is 86.5 Å². The van der Waals surface area contributed by atoms with Gasteiger partial charge in [-0.05, 0) is 18.9 Å². The lowest BCUT2D eigenvalue weighted by Gasteiger charge is -2.19. The van der Waals surface area contributed by atoms with Gasteiger partial charge in [0.2, 0.25) is 0 Å². The highest BCUT2D eigenvalue weighted by molar-refractivity contribution is 5.82. The number of nitro groups is 1. The molecule has 1 rings (SSSR count). The van der Waals surface area contributed by atoms with Gasteiger partial charge in [-0.15, -0.1) is 0 Å². The second kappa shape index (κ2) is 8.71. The predicted molar refractivity (Wildman–Crippen MR) is 80.7 cm³/mol. The van der Waals surface area contributed by atoms with E-state index in [-0.39, 0.29) is 12.3 Å². The molecule has 0 bridgehead atoms. The fourth-order valence-electron chi connectivity index (χ4n) is 2.27. The van der Waals surface area contributed by atoms with Crippen molar-refractivity contribution in [2.24, 2.45) is 5.92 Å². The molecule has 0 heterocycles. The van der Waals surface area contributed by atoms with Crippen LogP contribution in [0, 0.1) is 16.0 Å². The number of hydrogen-bond acceptors (Lipinski definition) is 5. The first-order valence-corrected chi connectivity index (χ1v) is 7.08. The van der Waals surface area contributed by atoms with E-state index >= 15 is 0 Å². The van der Waals surface area contributed by atoms with Crippen LogP contribution in [-0.2, 0) is 14.3 Å². The summed E-state index contributed by atoms with van der Waals surface area (Å²) in [5.74, 6) is -2.16. The Morgan fingerprint density at radius 1 is 1.32 bits per heavy atom. The van der Waals surface area contributed by atoms with Crippen LogP contribution in [0.15, 0.2) is 42.1 Å². The minimum Gasteiger partial charge on any atom is -0.463 e. The molecule has 0 radical (unpaired) electrons. The summed E-state index contributed by atoms with van der Waals surface area (Å²) in [5, 5.41) is 11.4. The molecule has 0 unspecified atom stereocenters. The van der Waals surface area contributed by atoms with Crippen LogP contribution in [0.2, 0.25) is 0 Å². The van der Waals surface area contributed by atoms with Crippen molar-refractivity contribution < 1.29 is 19.2 Å². The standard InChI is InChI=1S/C16H19NO5/c1-3-12(11-18)16(13-8-6-5-7-9-13)14(17(20)21)10-15(19)22-4-2/h5-12,16H,3-4H2,1-2H3/b14-10-/t12-,16-/m0/s1. The van der Waals surface area contributed by atoms with E-state index in [1.165, 1.54) is 0 Å². The Balaban J connectivity index is 3.35. The summed E-state index contributed by atoms with van der Waals surface area (Å²) in [4.78, 5) is 33.7. The number of allylic oxidation sites excluding steroid dienone is 1. The van der Waals surface area contributed by atoms with Crippen LogP contribution in [0.1, 0.15) is 31.7 Å². The lowest BCUT2D eigenvalue weighted by atomic mass is 9.82. The Labute approximate surface area is 128 Å². The smallest absolute Gasteiger partial charge is 0.337 e. The lowest BCUT2D eigenvalue weighted by Crippen LogP contribution is -2.21. The van der Waals surface area contributed by atoms with E-state index in [2.05, 4.69) is 0 Å². The van der Waals surface area contributed by atoms with E-state index in [4.69, 9.17) is 4.74 Å². The number of nitrogens with zero attached hydrogens (tertiary/aromatic N) is 1. The largest absolute Gasteiger partial charge is 0.463 e. The van der Waals surface area contributed by atoms with Gasteiger partial charge < -0.3 is 9.53 Å². The molecule has 1 aromatic rings. The van der Waals surface area contributed by atoms with Crippen molar-refractivity contribution in [3.63, 3.8) is 0 Å². The van der Waals surface area contributed by atoms with Gasteiger partial charge >= 0.3 is 5.97 Å². The monoisotopic (exact) mass is 305 g/mol. The molecule has 1 aromatic carbocycles. The third-order valence-corrected chi connectivity index (χ3v) is 3.31. The normalized spacial score (nSPS) is 14.0. The Bertz CT molecular complexity index is 553. The quantitative estimate of drug-likeness (QED) is 0.242. The molecule has 0 saturated carbocycles. The maximum absolute atomic E-state index is 11.6. The van der Waals surface area contributed by atoms with E-state index in [1.807, 2.05) is 0 Å². The highest BCUT2D eigenvalue weighted by Gasteiger charge is 2.34. The second-order valence-electron chi connectivity index (χ2n) is 4.67. The van der Waals surface area contributed by atoms with Gasteiger partial charge in [0.25, 0.3) is 5.70 Å². The number of hydrogen-bond donors (Lipinski definition) is 0. The molecular weight excluding hydrogens is 286 g/mol. The second-order valence-corrected chi connectivity index (χ2v) is 4.67. The summed E-state index contributed by atoms with van der Waals surface area (Å²) < 4.78 is 4.75. The zero-order valence-electron chi connectivity index (χ0n) is 12.6. The zero-order chi connectivity index (χ0) is 16.5. The van der Waals surface area contributed by atoms with Crippen LogP contribution in [0.5, 0.6) is 0 Å². The number of carbonyl (C=O) groups excluding carboxylic acids is 2. The maximum atomic E-state index is 11.6. The molecule has 0 N–H and O–H groups in total. The highest BCUT2D eigenvalue weighted by Crippen LogP contribution is 2.33. The van der Waals surface area contributed by atoms with Crippen molar-refractivity contribution >= 4 is 12.3 Å². The molecule has 0 amide bonds. The van der Waals surface area contributed by atoms with Gasteiger partial charge in [0.1, 0.15) is 6.29 Å². The van der Waals surface area contributed by atoms with E-state index in [0.717, 1.165) is 6.08 Å². The van der Waals surface area contributed by atoms with Crippen LogP contribution in [-0.4, -0.2) is 23.8 Å². The first-order chi connectivity index (χ1) is 10.5. The molecule has 22 heavy (non-hydrogen) atoms. The molecule has 0 spiro atoms. The highest BCUT2D eigenvalue weighted by atomic mass is 16.6. The van der Waals surface area contributed by atoms with Crippen molar-refractivity contribution in [1.82, 2.24) is 0 Å². The Morgan fingerprint density at radius 2 is 1.95 bits per heavy atom. The van der Waals surface area contributed by atoms with Gasteiger partial charge in [-0.25, -0.2) is 4.79 Å². The number of aldehydes is 1. The summed E-state index contributed by atoms with van der Waals surface area (Å²) >= 11 is 0. The number of esters is 1. The fraction of sp³-hybridized carbons (Fsp3) is 0.375. The van der Waals surface area contributed by atoms with Gasteiger partial charge in [-0.2, -0.15) is 0 Å². The number of rotatable bonds is 8. The summed E-state index contributed by atoms with van der Waals surface area (Å²) in [6.07, 6.45) is 1.99. The van der Waals surface area contributed by atoms with E-state index in [9.17, 15) is 19.7 Å². The SMILES string of the molecule is CCOC(=O)/C=C(/[C@H](c1ccccc1)[C@H](C=O)CC)[N+](=O)[O-]. The molecule has 0 aliphatic heterocycles. The number of benzene rings is 1. The average molecular weight is 305 g/mol. The number of carbonyl (C=O) groups is 2. The van der Waals surface area contributed by atoms with Crippen LogP contribution >= 0.6 is 0 Å². The minimum absolute atomic E-state index is 0.126. The molecule has 0 aliphatic rings. The Hall–Kier alpha value is -2.50. The van der Waals surface area contributed by atoms with Gasteiger partial charge in [-0.1, -0.05) is 37.3 Å². The van der Waals surface area contributed by atoms with Crippen molar-refractivity contribution in [2.45, 2.75) is 26.2 Å². The fourth-order valence-corrected chi connectivity index (χ4v) is 2.27. The van der Waals surface area contributed by atoms with Gasteiger partial charge in [0.05, 0.1) is 23.5 Å². The van der Waals surface area contributed by atoms with Crippen LogP contribution in [0.4, 0.5) is 0 Å². The third kappa shape index (κ3) is 4.51. The van der Waals surface area contributed by atoms with Gasteiger partial charge in [-0.3, -0.25) is 10.1 Å². The molecule has 0 fully saturated rings. The molecule has 0 aromatic heterocycles. The lowest BCUT2D eigenvalue weighted by molar-refractivity contribution is -0.431. The van der Waals surface area contributed by atoms with Gasteiger partial charge in [0, 0.05) is 5.92 Å². The Morgan fingerprint density at radius 3 is 2.41 bits per heavy atom. The first-order valence-electron chi connectivity index (χ1n) is 7.08. The molecule has 2 atom stereocenters. The van der Waals surface area contributed by atoms with Crippen molar-refractivity contribution in [1.29, 1.82) is 0 Å². The zero-order valence-corrected chi connectivity index (χ0v) is 12.6. The predicted octanol–water partition coefficient (Wildman–Crippen LogP) is 2.72. The van der Waals surface area contributed by atoms with E-state index in [1.54, 1.807) is 44.2 Å². The van der Waals surface area contributed by atoms with Crippen LogP contribution < -0.4 is 0 Å². The Kier molecular flexibility index (Phi) is 6.95. The molecule has 6 heteroatoms. The maximum Gasteiger partial charge on any atom is 0.337 e. The van der Waals surface area contributed by atoms with Crippen LogP contribution in [0.25, 0.3) is 0 Å². The molecular formula is C16H19NO5. The first kappa shape index (κ1) is 17.6. The van der Waals surface area contributed by atoms with Crippen LogP contribution in [0.3, 0.4) is 0 Å². The van der Waals surface area contributed by atoms with Crippen molar-refractivity contribution in [3.8, 4) is 0 Å². The summed E-state index contributed by atoms with van der Waals surface area (Å²) in [7, 11) is 0. The summed E-state index contributed by atoms with van der Waals surface area (Å²) in [6.45, 7) is 3.52. The summed E-state index contributed by atoms with van der Waals surface area (Å²) in [6, 6.07) is 8.67. The number of ether oxygens (including phenoxy) is 1. The average Bonchev–Trinajstić information content (AvgIpc) is 2.51.